The van der Waals surface area contributed by atoms with Crippen LogP contribution in [0.2, 0.25) is 0 Å². The highest BCUT2D eigenvalue weighted by molar-refractivity contribution is 5.80. The number of nitrogens with zero attached hydrogens (tertiary/aromatic N) is 4. The van der Waals surface area contributed by atoms with Gasteiger partial charge >= 0.3 is 0 Å². The van der Waals surface area contributed by atoms with Crippen molar-refractivity contribution < 1.29 is 0 Å². The fourth-order valence-electron chi connectivity index (χ4n) is 3.39. The van der Waals surface area contributed by atoms with Gasteiger partial charge in [-0.25, -0.2) is 0 Å². The maximum absolute atomic E-state index is 4.42. The van der Waals surface area contributed by atoms with Crippen molar-refractivity contribution in [2.24, 2.45) is 4.99 Å². The average molecular weight is 251 g/mol. The van der Waals surface area contributed by atoms with Crippen LogP contribution >= 0.6 is 0 Å². The van der Waals surface area contributed by atoms with Crippen molar-refractivity contribution in [2.45, 2.75) is 18.9 Å². The predicted molar refractivity (Wildman–Crippen MR) is 74.0 cm³/mol. The first kappa shape index (κ1) is 12.2. The molecule has 0 aromatic heterocycles. The van der Waals surface area contributed by atoms with Crippen LogP contribution in [-0.2, 0) is 0 Å². The minimum absolute atomic E-state index is 0.673. The molecule has 4 heterocycles. The molecule has 1 atom stereocenters. The zero-order chi connectivity index (χ0) is 12.4. The zero-order valence-electron chi connectivity index (χ0n) is 11.4. The topological polar surface area (TPSA) is 34.1 Å². The van der Waals surface area contributed by atoms with Gasteiger partial charge in [-0.15, -0.1) is 0 Å². The largest absolute Gasteiger partial charge is 0.355 e. The van der Waals surface area contributed by atoms with E-state index >= 15 is 0 Å². The molecule has 0 saturated carbocycles. The van der Waals surface area contributed by atoms with Crippen molar-refractivity contribution in [1.29, 1.82) is 0 Å². The monoisotopic (exact) mass is 251 g/mol. The molecule has 1 N–H and O–H groups in total. The summed E-state index contributed by atoms with van der Waals surface area (Å²) in [7, 11) is 1.90. The van der Waals surface area contributed by atoms with E-state index in [1.807, 2.05) is 7.05 Å². The van der Waals surface area contributed by atoms with Crippen molar-refractivity contribution in [2.75, 3.05) is 59.4 Å². The Balaban J connectivity index is 1.51. The van der Waals surface area contributed by atoms with Crippen molar-refractivity contribution >= 4 is 5.96 Å². The van der Waals surface area contributed by atoms with E-state index < -0.39 is 0 Å². The number of aliphatic imine (C=N–C) groups is 1. The van der Waals surface area contributed by atoms with E-state index in [0.29, 0.717) is 6.04 Å². The highest BCUT2D eigenvalue weighted by Gasteiger charge is 2.31. The Hall–Kier alpha value is -0.810. The third-order valence-electron chi connectivity index (χ3n) is 4.51. The van der Waals surface area contributed by atoms with Gasteiger partial charge in [0.2, 0.25) is 0 Å². The lowest BCUT2D eigenvalue weighted by molar-refractivity contribution is 0.0152. The van der Waals surface area contributed by atoms with Crippen molar-refractivity contribution in [3.8, 4) is 0 Å². The van der Waals surface area contributed by atoms with Gasteiger partial charge in [0.05, 0.1) is 0 Å². The number of hydrogen-bond acceptors (Lipinski definition) is 3. The molecule has 0 aliphatic carbocycles. The summed E-state index contributed by atoms with van der Waals surface area (Å²) in [5, 5.41) is 3.57. The zero-order valence-corrected chi connectivity index (χ0v) is 11.4. The van der Waals surface area contributed by atoms with Crippen LogP contribution in [0.1, 0.15) is 12.8 Å². The molecule has 5 heteroatoms. The van der Waals surface area contributed by atoms with E-state index in [0.717, 1.165) is 12.5 Å². The Bertz CT molecular complexity index is 303. The standard InChI is InChI=1S/C13H25N5/c1-14-13(18-4-2-3-5-18)15-10-12-11-16-6-8-17(12)9-7-16/h12H,2-11H2,1H3,(H,14,15). The van der Waals surface area contributed by atoms with Gasteiger partial charge in [0.1, 0.15) is 0 Å². The highest BCUT2D eigenvalue weighted by atomic mass is 15.4. The Morgan fingerprint density at radius 1 is 1.11 bits per heavy atom. The Kier molecular flexibility index (Phi) is 3.70. The van der Waals surface area contributed by atoms with Gasteiger partial charge in [0.25, 0.3) is 0 Å². The molecule has 0 amide bonds. The average Bonchev–Trinajstić information content (AvgIpc) is 2.95. The molecule has 102 valence electrons. The molecule has 4 rings (SSSR count). The summed E-state index contributed by atoms with van der Waals surface area (Å²) in [6, 6.07) is 0.673. The van der Waals surface area contributed by atoms with Crippen LogP contribution in [0.5, 0.6) is 0 Å². The summed E-state index contributed by atoms with van der Waals surface area (Å²) in [6.07, 6.45) is 2.62. The quantitative estimate of drug-likeness (QED) is 0.538. The number of piperazine rings is 3. The normalized spacial score (nSPS) is 36.2. The fraction of sp³-hybridized carbons (Fsp3) is 0.923. The molecular formula is C13H25N5. The van der Waals surface area contributed by atoms with Gasteiger partial charge in [0.15, 0.2) is 5.96 Å². The molecule has 1 unspecified atom stereocenters. The minimum atomic E-state index is 0.673. The molecule has 4 aliphatic rings. The molecule has 4 fully saturated rings. The lowest BCUT2D eigenvalue weighted by atomic mass is 10.1. The first-order valence-corrected chi connectivity index (χ1v) is 7.29. The van der Waals surface area contributed by atoms with Crippen LogP contribution in [0.3, 0.4) is 0 Å². The Morgan fingerprint density at radius 2 is 1.83 bits per heavy atom. The lowest BCUT2D eigenvalue weighted by Gasteiger charge is -2.47. The van der Waals surface area contributed by atoms with E-state index in [2.05, 4.69) is 25.0 Å². The molecule has 5 nitrogen and oxygen atoms in total. The molecule has 0 radical (unpaired) electrons. The second-order valence-corrected chi connectivity index (χ2v) is 5.61. The van der Waals surface area contributed by atoms with Gasteiger partial charge in [-0.2, -0.15) is 0 Å². The van der Waals surface area contributed by atoms with Gasteiger partial charge < -0.3 is 10.2 Å². The molecule has 4 aliphatic heterocycles. The van der Waals surface area contributed by atoms with Gasteiger partial charge in [-0.3, -0.25) is 14.8 Å². The molecule has 4 saturated heterocycles. The summed E-state index contributed by atoms with van der Waals surface area (Å²) in [5.41, 5.74) is 0. The Morgan fingerprint density at radius 3 is 2.39 bits per heavy atom. The highest BCUT2D eigenvalue weighted by Crippen LogP contribution is 2.15. The minimum Gasteiger partial charge on any atom is -0.355 e. The van der Waals surface area contributed by atoms with Crippen molar-refractivity contribution in [3.63, 3.8) is 0 Å². The third-order valence-corrected chi connectivity index (χ3v) is 4.51. The SMILES string of the molecule is CN=C(NCC1CN2CCN1CC2)N1CCCC1. The van der Waals surface area contributed by atoms with E-state index in [1.54, 1.807) is 0 Å². The summed E-state index contributed by atoms with van der Waals surface area (Å²) in [6.45, 7) is 9.61. The van der Waals surface area contributed by atoms with Crippen LogP contribution in [0, 0.1) is 0 Å². The number of likely N-dealkylation sites (tertiary alicyclic amines) is 1. The molecule has 18 heavy (non-hydrogen) atoms. The third kappa shape index (κ3) is 2.47. The fourth-order valence-corrected chi connectivity index (χ4v) is 3.39. The molecule has 2 bridgehead atoms. The number of rotatable bonds is 2. The Labute approximate surface area is 110 Å². The van der Waals surface area contributed by atoms with Gasteiger partial charge in [-0.1, -0.05) is 0 Å². The van der Waals surface area contributed by atoms with Crippen LogP contribution < -0.4 is 5.32 Å². The number of hydrogen-bond donors (Lipinski definition) is 1. The molecule has 0 aromatic rings. The molecular weight excluding hydrogens is 226 g/mol. The second kappa shape index (κ2) is 5.45. The number of nitrogens with one attached hydrogen (secondary N) is 1. The summed E-state index contributed by atoms with van der Waals surface area (Å²) >= 11 is 0. The smallest absolute Gasteiger partial charge is 0.193 e. The van der Waals surface area contributed by atoms with E-state index in [4.69, 9.17) is 0 Å². The van der Waals surface area contributed by atoms with Crippen LogP contribution in [0.25, 0.3) is 0 Å². The van der Waals surface area contributed by atoms with Crippen LogP contribution in [0.4, 0.5) is 0 Å². The lowest BCUT2D eigenvalue weighted by Crippen LogP contribution is -2.63. The molecule has 0 spiro atoms. The predicted octanol–water partition coefficient (Wildman–Crippen LogP) is -0.343. The number of fused-ring (bicyclic) bond motifs is 3. The van der Waals surface area contributed by atoms with E-state index in [-0.39, 0.29) is 0 Å². The first-order chi connectivity index (χ1) is 8.86. The second-order valence-electron chi connectivity index (χ2n) is 5.61. The number of guanidine groups is 1. The van der Waals surface area contributed by atoms with Gasteiger partial charge in [-0.05, 0) is 12.8 Å². The summed E-state index contributed by atoms with van der Waals surface area (Å²) in [5.74, 6) is 1.10. The van der Waals surface area contributed by atoms with E-state index in [1.165, 1.54) is 58.7 Å². The van der Waals surface area contributed by atoms with Crippen molar-refractivity contribution in [3.05, 3.63) is 0 Å². The maximum Gasteiger partial charge on any atom is 0.193 e. The maximum atomic E-state index is 4.42. The summed E-state index contributed by atoms with van der Waals surface area (Å²) in [4.78, 5) is 12.0. The van der Waals surface area contributed by atoms with E-state index in [9.17, 15) is 0 Å². The first-order valence-electron chi connectivity index (χ1n) is 7.29. The van der Waals surface area contributed by atoms with Gasteiger partial charge in [0, 0.05) is 65.4 Å². The van der Waals surface area contributed by atoms with Crippen LogP contribution in [-0.4, -0.2) is 86.1 Å². The summed E-state index contributed by atoms with van der Waals surface area (Å²) < 4.78 is 0. The molecule has 0 aromatic carbocycles. The van der Waals surface area contributed by atoms with Crippen LogP contribution in [0.15, 0.2) is 4.99 Å². The van der Waals surface area contributed by atoms with Crippen molar-refractivity contribution in [1.82, 2.24) is 20.0 Å².